The topological polar surface area (TPSA) is 114 Å². The maximum Gasteiger partial charge on any atom is 0.343 e. The van der Waals surface area contributed by atoms with Crippen molar-refractivity contribution in [3.8, 4) is 23.0 Å². The zero-order valence-electron chi connectivity index (χ0n) is 41.9. The molecule has 2 aliphatic heterocycles. The number of ether oxygens (including phenoxy) is 6. The van der Waals surface area contributed by atoms with E-state index in [0.717, 1.165) is 33.8 Å². The van der Waals surface area contributed by atoms with Crippen LogP contribution in [0.5, 0.6) is 23.0 Å². The molecule has 8 aromatic rings. The van der Waals surface area contributed by atoms with Gasteiger partial charge in [0.15, 0.2) is 13.2 Å². The smallest absolute Gasteiger partial charge is 0.343 e. The predicted molar refractivity (Wildman–Crippen MR) is 283 cm³/mol. The second-order valence-electron chi connectivity index (χ2n) is 18.7. The molecule has 2 heterocycles. The van der Waals surface area contributed by atoms with Crippen LogP contribution in [0.1, 0.15) is 84.0 Å². The zero-order chi connectivity index (χ0) is 51.6. The number of hydrogen-bond acceptors (Lipinski definition) is 10. The average molecular weight is 999 g/mol. The summed E-state index contributed by atoms with van der Waals surface area (Å²) in [6.45, 7) is 5.04. The zero-order valence-corrected chi connectivity index (χ0v) is 41.9. The molecule has 0 fully saturated rings. The Labute approximate surface area is 430 Å². The predicted octanol–water partition coefficient (Wildman–Crippen LogP) is 12.3. The van der Waals surface area contributed by atoms with Crippen LogP contribution in [-0.2, 0) is 19.1 Å². The number of esters is 2. The SMILES string of the molecule is COC(=O)COc1cc(F)cc([C@@H]2C[C@H](CN[C@H](C)c3cccc4ccccc34)Oc3ccccc32)c1.COC(=O)COc1cc(F)cc([C@H]2C[C@H](CN[C@H](C)c3cccc4ccccc34)Oc3ccccc32)c1. The lowest BCUT2D eigenvalue weighted by Crippen LogP contribution is -2.37. The van der Waals surface area contributed by atoms with Gasteiger partial charge in [-0.05, 0) is 107 Å². The number of halogens is 2. The molecular weight excluding hydrogens is 939 g/mol. The molecule has 74 heavy (non-hydrogen) atoms. The van der Waals surface area contributed by atoms with Crippen molar-refractivity contribution >= 4 is 33.5 Å². The molecule has 0 amide bonds. The molecule has 2 aliphatic rings. The van der Waals surface area contributed by atoms with Gasteiger partial charge in [0.2, 0.25) is 0 Å². The maximum atomic E-state index is 14.6. The Kier molecular flexibility index (Phi) is 16.5. The Morgan fingerprint density at radius 2 is 0.919 bits per heavy atom. The summed E-state index contributed by atoms with van der Waals surface area (Å²) in [5, 5.41) is 12.2. The summed E-state index contributed by atoms with van der Waals surface area (Å²) in [5.74, 6) is 0.145. The van der Waals surface area contributed by atoms with E-state index >= 15 is 0 Å². The first-order valence-corrected chi connectivity index (χ1v) is 25.0. The van der Waals surface area contributed by atoms with Crippen molar-refractivity contribution < 1.29 is 46.8 Å². The lowest BCUT2D eigenvalue weighted by atomic mass is 9.84. The average Bonchev–Trinajstić information content (AvgIpc) is 3.43. The van der Waals surface area contributed by atoms with Gasteiger partial charge in [-0.25, -0.2) is 18.4 Å². The molecule has 380 valence electrons. The second kappa shape index (κ2) is 23.8. The van der Waals surface area contributed by atoms with Gasteiger partial charge >= 0.3 is 11.9 Å². The van der Waals surface area contributed by atoms with Crippen molar-refractivity contribution in [3.63, 3.8) is 0 Å². The summed E-state index contributed by atoms with van der Waals surface area (Å²) >= 11 is 0. The fraction of sp³-hybridized carbons (Fsp3) is 0.258. The van der Waals surface area contributed by atoms with Gasteiger partial charge in [0, 0.05) is 60.3 Å². The van der Waals surface area contributed by atoms with Gasteiger partial charge in [-0.2, -0.15) is 0 Å². The summed E-state index contributed by atoms with van der Waals surface area (Å²) in [4.78, 5) is 23.0. The lowest BCUT2D eigenvalue weighted by Gasteiger charge is -2.33. The van der Waals surface area contributed by atoms with Crippen LogP contribution in [0.25, 0.3) is 21.5 Å². The number of nitrogens with one attached hydrogen (secondary N) is 2. The van der Waals surface area contributed by atoms with Crippen molar-refractivity contribution in [2.24, 2.45) is 0 Å². The summed E-state index contributed by atoms with van der Waals surface area (Å²) < 4.78 is 62.1. The number of hydrogen-bond donors (Lipinski definition) is 2. The highest BCUT2D eigenvalue weighted by Crippen LogP contribution is 2.43. The van der Waals surface area contributed by atoms with Crippen LogP contribution in [0, 0.1) is 11.6 Å². The summed E-state index contributed by atoms with van der Waals surface area (Å²) in [6.07, 6.45) is 1.12. The molecule has 0 bridgehead atoms. The third-order valence-corrected chi connectivity index (χ3v) is 13.8. The highest BCUT2D eigenvalue weighted by atomic mass is 19.1. The van der Waals surface area contributed by atoms with Gasteiger partial charge in [-0.1, -0.05) is 121 Å². The van der Waals surface area contributed by atoms with Crippen LogP contribution < -0.4 is 29.6 Å². The Bertz CT molecular complexity index is 3010. The number of methoxy groups -OCH3 is 2. The maximum absolute atomic E-state index is 14.6. The standard InChI is InChI=1S/2C31H30FNO4/c2*1-20(26-12-7-9-21-8-3-4-10-27(21)26)33-18-25-17-29(28-11-5-6-13-30(28)37-25)22-14-23(32)16-24(15-22)36-19-31(34)35-2/h2*3-16,20,25,29,33H,17-19H2,1-2H3/t20-,25-,29+;20-,25-,29-/m11/s1. The van der Waals surface area contributed by atoms with E-state index in [1.165, 1.54) is 71.2 Å². The minimum absolute atomic E-state index is 0.0826. The van der Waals surface area contributed by atoms with E-state index in [1.54, 1.807) is 12.1 Å². The van der Waals surface area contributed by atoms with Crippen LogP contribution in [0.4, 0.5) is 8.78 Å². The van der Waals surface area contributed by atoms with Crippen molar-refractivity contribution in [1.29, 1.82) is 0 Å². The Morgan fingerprint density at radius 3 is 1.35 bits per heavy atom. The normalized spacial score (nSPS) is 17.5. The van der Waals surface area contributed by atoms with E-state index in [2.05, 4.69) is 119 Å². The van der Waals surface area contributed by atoms with Gasteiger partial charge in [0.05, 0.1) is 14.2 Å². The molecule has 10 nitrogen and oxygen atoms in total. The third-order valence-electron chi connectivity index (χ3n) is 13.8. The lowest BCUT2D eigenvalue weighted by molar-refractivity contribution is -0.143. The molecule has 0 saturated carbocycles. The Balaban J connectivity index is 0.000000182. The first kappa shape index (κ1) is 51.1. The number of para-hydroxylation sites is 2. The molecule has 0 spiro atoms. The molecular formula is C62H60F2N2O8. The first-order valence-electron chi connectivity index (χ1n) is 25.0. The molecule has 8 aromatic carbocycles. The Hall–Kier alpha value is -7.80. The highest BCUT2D eigenvalue weighted by molar-refractivity contribution is 5.87. The molecule has 2 N–H and O–H groups in total. The number of rotatable bonds is 16. The van der Waals surface area contributed by atoms with Crippen LogP contribution in [0.3, 0.4) is 0 Å². The molecule has 0 unspecified atom stereocenters. The number of benzene rings is 8. The van der Waals surface area contributed by atoms with Crippen LogP contribution >= 0.6 is 0 Å². The number of fused-ring (bicyclic) bond motifs is 4. The van der Waals surface area contributed by atoms with E-state index in [4.69, 9.17) is 18.9 Å². The highest BCUT2D eigenvalue weighted by Gasteiger charge is 2.32. The summed E-state index contributed by atoms with van der Waals surface area (Å²) in [6, 6.07) is 54.7. The van der Waals surface area contributed by atoms with Crippen LogP contribution in [-0.4, -0.2) is 64.7 Å². The molecule has 0 saturated heterocycles. The van der Waals surface area contributed by atoms with E-state index < -0.39 is 23.6 Å². The second-order valence-corrected chi connectivity index (χ2v) is 18.7. The van der Waals surface area contributed by atoms with Crippen molar-refractivity contribution in [2.75, 3.05) is 40.5 Å². The third kappa shape index (κ3) is 12.3. The number of carbonyl (C=O) groups excluding carboxylic acids is 2. The van der Waals surface area contributed by atoms with Crippen molar-refractivity contribution in [1.82, 2.24) is 10.6 Å². The van der Waals surface area contributed by atoms with Gasteiger partial charge in [0.25, 0.3) is 0 Å². The molecule has 0 radical (unpaired) electrons. The van der Waals surface area contributed by atoms with Crippen LogP contribution in [0.15, 0.2) is 170 Å². The van der Waals surface area contributed by atoms with Gasteiger partial charge in [-0.15, -0.1) is 0 Å². The van der Waals surface area contributed by atoms with Gasteiger partial charge < -0.3 is 39.1 Å². The van der Waals surface area contributed by atoms with Gasteiger partial charge in [-0.3, -0.25) is 0 Å². The van der Waals surface area contributed by atoms with Crippen molar-refractivity contribution in [2.45, 2.75) is 62.8 Å². The van der Waals surface area contributed by atoms with Gasteiger partial charge in [0.1, 0.15) is 46.8 Å². The van der Waals surface area contributed by atoms with E-state index in [0.29, 0.717) is 37.4 Å². The van der Waals surface area contributed by atoms with Crippen LogP contribution in [0.2, 0.25) is 0 Å². The summed E-state index contributed by atoms with van der Waals surface area (Å²) in [7, 11) is 2.58. The minimum Gasteiger partial charge on any atom is -0.489 e. The largest absolute Gasteiger partial charge is 0.489 e. The fourth-order valence-electron chi connectivity index (χ4n) is 10.1. The molecule has 0 aliphatic carbocycles. The summed E-state index contributed by atoms with van der Waals surface area (Å²) in [5.41, 5.74) is 6.05. The first-order chi connectivity index (χ1) is 36.0. The minimum atomic E-state index is -0.520. The van der Waals surface area contributed by atoms with E-state index in [9.17, 15) is 18.4 Å². The van der Waals surface area contributed by atoms with E-state index in [1.807, 2.05) is 48.5 Å². The number of carbonyl (C=O) groups is 2. The monoisotopic (exact) mass is 998 g/mol. The molecule has 6 atom stereocenters. The van der Waals surface area contributed by atoms with E-state index in [-0.39, 0.29) is 49.3 Å². The molecule has 10 rings (SSSR count). The van der Waals surface area contributed by atoms with Crippen molar-refractivity contribution in [3.05, 3.63) is 215 Å². The Morgan fingerprint density at radius 1 is 0.527 bits per heavy atom. The molecule has 12 heteroatoms. The molecule has 0 aromatic heterocycles. The fourth-order valence-corrected chi connectivity index (χ4v) is 10.1. The quantitative estimate of drug-likeness (QED) is 0.0907.